The highest BCUT2D eigenvalue weighted by Crippen LogP contribution is 2.24. The van der Waals surface area contributed by atoms with E-state index < -0.39 is 0 Å². The zero-order valence-corrected chi connectivity index (χ0v) is 14.0. The molecule has 1 heterocycles. The summed E-state index contributed by atoms with van der Waals surface area (Å²) >= 11 is 0. The maximum absolute atomic E-state index is 11.9. The van der Waals surface area contributed by atoms with Crippen LogP contribution in [0.15, 0.2) is 0 Å². The molecule has 0 aromatic carbocycles. The van der Waals surface area contributed by atoms with E-state index in [1.807, 2.05) is 20.8 Å². The number of rotatable bonds is 6. The van der Waals surface area contributed by atoms with Crippen molar-refractivity contribution in [2.75, 3.05) is 26.2 Å². The molecule has 1 aliphatic heterocycles. The predicted molar refractivity (Wildman–Crippen MR) is 82.8 cm³/mol. The average Bonchev–Trinajstić information content (AvgIpc) is 2.38. The Bertz CT molecular complexity index is 355. The maximum Gasteiger partial charge on any atom is 0.320 e. The molecule has 0 radical (unpaired) electrons. The Morgan fingerprint density at radius 3 is 2.43 bits per heavy atom. The fraction of sp³-hybridized carbons (Fsp3) is 0.875. The van der Waals surface area contributed by atoms with Gasteiger partial charge >= 0.3 is 5.97 Å². The largest absolute Gasteiger partial charge is 0.465 e. The summed E-state index contributed by atoms with van der Waals surface area (Å²) in [4.78, 5) is 25.7. The van der Waals surface area contributed by atoms with Gasteiger partial charge in [-0.25, -0.2) is 0 Å². The minimum absolute atomic E-state index is 0.0112. The molecule has 1 rings (SSSR count). The van der Waals surface area contributed by atoms with Crippen molar-refractivity contribution in [1.29, 1.82) is 0 Å². The number of nitrogens with zero attached hydrogens (tertiary/aromatic N) is 1. The zero-order valence-electron chi connectivity index (χ0n) is 14.0. The lowest BCUT2D eigenvalue weighted by molar-refractivity contribution is -0.145. The first-order valence-electron chi connectivity index (χ1n) is 8.01. The number of hydrogen-bond donors (Lipinski definition) is 1. The zero-order chi connectivity index (χ0) is 16.0. The standard InChI is InChI=1S/C16H30N2O3/c1-6-21-15(19)10-18-8-13(11(2)3)7-14(9-18)17-16(20)12(4)5/h11-14H,6-10H2,1-5H3,(H,17,20). The molecule has 5 nitrogen and oxygen atoms in total. The second kappa shape index (κ2) is 8.37. The lowest BCUT2D eigenvalue weighted by atomic mass is 9.85. The fourth-order valence-electron chi connectivity index (χ4n) is 2.71. The van der Waals surface area contributed by atoms with Gasteiger partial charge in [0.1, 0.15) is 0 Å². The van der Waals surface area contributed by atoms with E-state index in [2.05, 4.69) is 24.1 Å². The van der Waals surface area contributed by atoms with Crippen molar-refractivity contribution < 1.29 is 14.3 Å². The van der Waals surface area contributed by atoms with E-state index in [0.717, 1.165) is 19.5 Å². The molecule has 21 heavy (non-hydrogen) atoms. The number of ether oxygens (including phenoxy) is 1. The smallest absolute Gasteiger partial charge is 0.320 e. The number of amides is 1. The highest BCUT2D eigenvalue weighted by Gasteiger charge is 2.31. The van der Waals surface area contributed by atoms with Crippen molar-refractivity contribution in [3.63, 3.8) is 0 Å². The molecule has 1 saturated heterocycles. The van der Waals surface area contributed by atoms with E-state index in [4.69, 9.17) is 4.74 Å². The molecule has 122 valence electrons. The van der Waals surface area contributed by atoms with Gasteiger partial charge in [0.25, 0.3) is 0 Å². The topological polar surface area (TPSA) is 58.6 Å². The van der Waals surface area contributed by atoms with Crippen LogP contribution in [0.1, 0.15) is 41.0 Å². The van der Waals surface area contributed by atoms with Gasteiger partial charge in [0, 0.05) is 25.0 Å². The first kappa shape index (κ1) is 18.0. The Morgan fingerprint density at radius 2 is 1.90 bits per heavy atom. The van der Waals surface area contributed by atoms with Crippen molar-refractivity contribution in [1.82, 2.24) is 10.2 Å². The Morgan fingerprint density at radius 1 is 1.24 bits per heavy atom. The van der Waals surface area contributed by atoms with Gasteiger partial charge in [-0.3, -0.25) is 14.5 Å². The van der Waals surface area contributed by atoms with Crippen LogP contribution in [0, 0.1) is 17.8 Å². The molecule has 0 spiro atoms. The molecule has 5 heteroatoms. The van der Waals surface area contributed by atoms with Crippen LogP contribution in [0.2, 0.25) is 0 Å². The quantitative estimate of drug-likeness (QED) is 0.758. The molecule has 0 aromatic heterocycles. The third-order valence-electron chi connectivity index (χ3n) is 4.03. The number of hydrogen-bond acceptors (Lipinski definition) is 4. The molecule has 0 aliphatic carbocycles. The number of piperidine rings is 1. The summed E-state index contributed by atoms with van der Waals surface area (Å²) < 4.78 is 5.03. The highest BCUT2D eigenvalue weighted by atomic mass is 16.5. The summed E-state index contributed by atoms with van der Waals surface area (Å²) in [6.45, 7) is 12.3. The van der Waals surface area contributed by atoms with Crippen LogP contribution in [-0.4, -0.2) is 49.1 Å². The van der Waals surface area contributed by atoms with Crippen molar-refractivity contribution in [2.24, 2.45) is 17.8 Å². The molecule has 0 aromatic rings. The molecule has 1 N–H and O–H groups in total. The number of nitrogens with one attached hydrogen (secondary N) is 1. The van der Waals surface area contributed by atoms with Gasteiger partial charge in [0.05, 0.1) is 13.2 Å². The molecule has 2 unspecified atom stereocenters. The second-order valence-corrected chi connectivity index (χ2v) is 6.60. The van der Waals surface area contributed by atoms with Gasteiger partial charge in [-0.05, 0) is 25.2 Å². The Labute approximate surface area is 128 Å². The van der Waals surface area contributed by atoms with Gasteiger partial charge in [0.2, 0.25) is 5.91 Å². The van der Waals surface area contributed by atoms with Crippen molar-refractivity contribution in [2.45, 2.75) is 47.1 Å². The van der Waals surface area contributed by atoms with E-state index in [1.54, 1.807) is 0 Å². The monoisotopic (exact) mass is 298 g/mol. The summed E-state index contributed by atoms with van der Waals surface area (Å²) in [7, 11) is 0. The first-order valence-corrected chi connectivity index (χ1v) is 8.01. The Kier molecular flexibility index (Phi) is 7.15. The van der Waals surface area contributed by atoms with E-state index >= 15 is 0 Å². The minimum atomic E-state index is -0.184. The fourth-order valence-corrected chi connectivity index (χ4v) is 2.71. The van der Waals surface area contributed by atoms with E-state index in [1.165, 1.54) is 0 Å². The summed E-state index contributed by atoms with van der Waals surface area (Å²) in [6, 6.07) is 0.121. The number of carbonyl (C=O) groups is 2. The summed E-state index contributed by atoms with van der Waals surface area (Å²) in [5, 5.41) is 3.11. The Hall–Kier alpha value is -1.10. The van der Waals surface area contributed by atoms with Gasteiger partial charge in [0.15, 0.2) is 0 Å². The van der Waals surface area contributed by atoms with Crippen LogP contribution < -0.4 is 5.32 Å². The lowest BCUT2D eigenvalue weighted by Gasteiger charge is -2.39. The number of esters is 1. The van der Waals surface area contributed by atoms with Crippen molar-refractivity contribution >= 4 is 11.9 Å². The highest BCUT2D eigenvalue weighted by molar-refractivity contribution is 5.78. The summed E-state index contributed by atoms with van der Waals surface area (Å²) in [6.07, 6.45) is 0.982. The molecule has 1 aliphatic rings. The number of carbonyl (C=O) groups excluding carboxylic acids is 2. The van der Waals surface area contributed by atoms with Crippen LogP contribution >= 0.6 is 0 Å². The van der Waals surface area contributed by atoms with Crippen LogP contribution in [0.3, 0.4) is 0 Å². The van der Waals surface area contributed by atoms with Crippen LogP contribution in [0.4, 0.5) is 0 Å². The maximum atomic E-state index is 11.9. The summed E-state index contributed by atoms with van der Waals surface area (Å²) in [5.74, 6) is 0.915. The normalized spacial score (nSPS) is 23.4. The van der Waals surface area contributed by atoms with E-state index in [0.29, 0.717) is 25.0 Å². The van der Waals surface area contributed by atoms with E-state index in [9.17, 15) is 9.59 Å². The molecule has 2 atom stereocenters. The number of likely N-dealkylation sites (tertiary alicyclic amines) is 1. The van der Waals surface area contributed by atoms with Gasteiger partial charge in [-0.1, -0.05) is 27.7 Å². The van der Waals surface area contributed by atoms with Gasteiger partial charge < -0.3 is 10.1 Å². The molecule has 0 bridgehead atoms. The molecule has 1 amide bonds. The summed E-state index contributed by atoms with van der Waals surface area (Å²) in [5.41, 5.74) is 0. The van der Waals surface area contributed by atoms with Crippen molar-refractivity contribution in [3.8, 4) is 0 Å². The lowest BCUT2D eigenvalue weighted by Crippen LogP contribution is -2.53. The predicted octanol–water partition coefficient (Wildman–Crippen LogP) is 1.67. The van der Waals surface area contributed by atoms with Crippen LogP contribution in [-0.2, 0) is 14.3 Å². The molecule has 0 saturated carbocycles. The van der Waals surface area contributed by atoms with Gasteiger partial charge in [-0.15, -0.1) is 0 Å². The minimum Gasteiger partial charge on any atom is -0.465 e. The van der Waals surface area contributed by atoms with E-state index in [-0.39, 0.29) is 23.8 Å². The van der Waals surface area contributed by atoms with Crippen LogP contribution in [0.25, 0.3) is 0 Å². The second-order valence-electron chi connectivity index (χ2n) is 6.60. The molecule has 1 fully saturated rings. The molecular weight excluding hydrogens is 268 g/mol. The SMILES string of the molecule is CCOC(=O)CN1CC(NC(=O)C(C)C)CC(C(C)C)C1. The Balaban J connectivity index is 2.63. The third kappa shape index (κ3) is 6.04. The molecular formula is C16H30N2O3. The first-order chi connectivity index (χ1) is 9.83. The van der Waals surface area contributed by atoms with Crippen LogP contribution in [0.5, 0.6) is 0 Å². The third-order valence-corrected chi connectivity index (χ3v) is 4.03. The average molecular weight is 298 g/mol. The van der Waals surface area contributed by atoms with Crippen molar-refractivity contribution in [3.05, 3.63) is 0 Å². The van der Waals surface area contributed by atoms with Gasteiger partial charge in [-0.2, -0.15) is 0 Å².